The fourth-order valence-electron chi connectivity index (χ4n) is 4.83. The Hall–Kier alpha value is -2.74. The molecule has 3 aromatic rings. The quantitative estimate of drug-likeness (QED) is 0.659. The van der Waals surface area contributed by atoms with Gasteiger partial charge in [-0.05, 0) is 49.9 Å². The zero-order valence-electron chi connectivity index (χ0n) is 15.9. The summed E-state index contributed by atoms with van der Waals surface area (Å²) in [5.74, 6) is -0.0105. The molecule has 0 aliphatic carbocycles. The SMILES string of the molecule is O=C(Cn1nnc2ccccc21)N1C2CCC1CC(S(=O)(=O)c1ccccc1)C2. The predicted octanol–water partition coefficient (Wildman–Crippen LogP) is 2.43. The van der Waals surface area contributed by atoms with Crippen LogP contribution in [0.1, 0.15) is 25.7 Å². The van der Waals surface area contributed by atoms with Gasteiger partial charge in [-0.3, -0.25) is 4.79 Å². The van der Waals surface area contributed by atoms with Gasteiger partial charge in [0.15, 0.2) is 9.84 Å². The Morgan fingerprint density at radius 3 is 2.34 bits per heavy atom. The van der Waals surface area contributed by atoms with Gasteiger partial charge in [-0.25, -0.2) is 13.1 Å². The normalized spacial score (nSPS) is 24.1. The van der Waals surface area contributed by atoms with Crippen LogP contribution in [0.4, 0.5) is 0 Å². The molecule has 2 saturated heterocycles. The maximum Gasteiger partial charge on any atom is 0.244 e. The highest BCUT2D eigenvalue weighted by molar-refractivity contribution is 7.92. The number of benzene rings is 2. The highest BCUT2D eigenvalue weighted by Gasteiger charge is 2.47. The molecule has 29 heavy (non-hydrogen) atoms. The van der Waals surface area contributed by atoms with Crippen molar-refractivity contribution >= 4 is 26.8 Å². The number of aromatic nitrogens is 3. The molecule has 2 bridgehead atoms. The van der Waals surface area contributed by atoms with Gasteiger partial charge in [-0.2, -0.15) is 0 Å². The topological polar surface area (TPSA) is 85.2 Å². The molecule has 2 aromatic carbocycles. The van der Waals surface area contributed by atoms with Gasteiger partial charge >= 0.3 is 0 Å². The van der Waals surface area contributed by atoms with Gasteiger partial charge in [0.05, 0.1) is 15.7 Å². The van der Waals surface area contributed by atoms with Crippen LogP contribution in [0.15, 0.2) is 59.5 Å². The van der Waals surface area contributed by atoms with E-state index in [1.54, 1.807) is 28.9 Å². The number of sulfone groups is 1. The fourth-order valence-corrected chi connectivity index (χ4v) is 6.71. The van der Waals surface area contributed by atoms with Gasteiger partial charge in [0.1, 0.15) is 12.1 Å². The van der Waals surface area contributed by atoms with Gasteiger partial charge in [0, 0.05) is 12.1 Å². The predicted molar refractivity (Wildman–Crippen MR) is 108 cm³/mol. The Kier molecular flexibility index (Phi) is 4.38. The number of carbonyl (C=O) groups is 1. The minimum atomic E-state index is -3.38. The number of nitrogens with zero attached hydrogens (tertiary/aromatic N) is 4. The molecule has 150 valence electrons. The Balaban J connectivity index is 1.35. The molecule has 0 spiro atoms. The largest absolute Gasteiger partial charge is 0.335 e. The van der Waals surface area contributed by atoms with E-state index in [2.05, 4.69) is 10.3 Å². The van der Waals surface area contributed by atoms with Gasteiger partial charge in [-0.15, -0.1) is 5.10 Å². The second-order valence-electron chi connectivity index (χ2n) is 7.87. The lowest BCUT2D eigenvalue weighted by atomic mass is 10.0. The molecule has 2 aliphatic rings. The number of amides is 1. The molecule has 5 rings (SSSR count). The van der Waals surface area contributed by atoms with Crippen molar-refractivity contribution in [3.63, 3.8) is 0 Å². The van der Waals surface area contributed by atoms with E-state index in [1.165, 1.54) is 0 Å². The number of hydrogen-bond donors (Lipinski definition) is 0. The summed E-state index contributed by atoms with van der Waals surface area (Å²) in [6.07, 6.45) is 2.71. The summed E-state index contributed by atoms with van der Waals surface area (Å²) in [7, 11) is -3.38. The molecule has 7 nitrogen and oxygen atoms in total. The first kappa shape index (κ1) is 18.3. The maximum atomic E-state index is 13.1. The molecule has 0 N–H and O–H groups in total. The van der Waals surface area contributed by atoms with Crippen molar-refractivity contribution in [3.05, 3.63) is 54.6 Å². The monoisotopic (exact) mass is 410 g/mol. The molecule has 3 heterocycles. The molecule has 2 unspecified atom stereocenters. The highest BCUT2D eigenvalue weighted by atomic mass is 32.2. The molecular formula is C21H22N4O3S. The zero-order valence-corrected chi connectivity index (χ0v) is 16.7. The number of hydrogen-bond acceptors (Lipinski definition) is 5. The summed E-state index contributed by atoms with van der Waals surface area (Å²) in [6, 6.07) is 16.1. The highest BCUT2D eigenvalue weighted by Crippen LogP contribution is 2.40. The Labute approximate surface area is 169 Å². The zero-order chi connectivity index (χ0) is 20.0. The van der Waals surface area contributed by atoms with Gasteiger partial charge in [0.2, 0.25) is 5.91 Å². The summed E-state index contributed by atoms with van der Waals surface area (Å²) < 4.78 is 27.7. The van der Waals surface area contributed by atoms with E-state index in [4.69, 9.17) is 0 Å². The standard InChI is InChI=1S/C21H22N4O3S/c26-21(14-24-20-9-5-4-8-19(20)22-23-24)25-15-10-11-16(25)13-18(12-15)29(27,28)17-6-2-1-3-7-17/h1-9,15-16,18H,10-14H2. The summed E-state index contributed by atoms with van der Waals surface area (Å²) in [6.45, 7) is 0.129. The number of carbonyl (C=O) groups excluding carboxylic acids is 1. The van der Waals surface area contributed by atoms with Crippen molar-refractivity contribution in [2.24, 2.45) is 0 Å². The van der Waals surface area contributed by atoms with Gasteiger partial charge in [0.25, 0.3) is 0 Å². The second-order valence-corrected chi connectivity index (χ2v) is 10.1. The van der Waals surface area contributed by atoms with E-state index in [0.29, 0.717) is 17.7 Å². The fraction of sp³-hybridized carbons (Fsp3) is 0.381. The molecule has 1 aromatic heterocycles. The third-order valence-corrected chi connectivity index (χ3v) is 8.39. The van der Waals surface area contributed by atoms with E-state index in [-0.39, 0.29) is 24.5 Å². The van der Waals surface area contributed by atoms with Crippen LogP contribution in [-0.4, -0.2) is 51.6 Å². The van der Waals surface area contributed by atoms with Crippen LogP contribution in [0.2, 0.25) is 0 Å². The second kappa shape index (κ2) is 6.95. The van der Waals surface area contributed by atoms with E-state index >= 15 is 0 Å². The van der Waals surface area contributed by atoms with Crippen molar-refractivity contribution in [2.75, 3.05) is 0 Å². The van der Waals surface area contributed by atoms with Crippen LogP contribution in [0.3, 0.4) is 0 Å². The summed E-state index contributed by atoms with van der Waals surface area (Å²) in [5.41, 5.74) is 1.59. The molecule has 8 heteroatoms. The lowest BCUT2D eigenvalue weighted by Gasteiger charge is -2.38. The average molecular weight is 410 g/mol. The van der Waals surface area contributed by atoms with Crippen molar-refractivity contribution in [1.29, 1.82) is 0 Å². The number of fused-ring (bicyclic) bond motifs is 3. The summed E-state index contributed by atoms with van der Waals surface area (Å²) in [4.78, 5) is 15.4. The van der Waals surface area contributed by atoms with Crippen LogP contribution in [-0.2, 0) is 21.2 Å². The van der Waals surface area contributed by atoms with E-state index in [9.17, 15) is 13.2 Å². The molecule has 0 saturated carbocycles. The van der Waals surface area contributed by atoms with E-state index in [1.807, 2.05) is 35.2 Å². The van der Waals surface area contributed by atoms with E-state index < -0.39 is 15.1 Å². The molecule has 2 fully saturated rings. The minimum Gasteiger partial charge on any atom is -0.335 e. The number of para-hydroxylation sites is 1. The molecule has 0 radical (unpaired) electrons. The van der Waals surface area contributed by atoms with Crippen LogP contribution < -0.4 is 0 Å². The van der Waals surface area contributed by atoms with Crippen molar-refractivity contribution in [2.45, 2.75) is 54.5 Å². The van der Waals surface area contributed by atoms with Crippen LogP contribution in [0.25, 0.3) is 11.0 Å². The Morgan fingerprint density at radius 1 is 0.966 bits per heavy atom. The van der Waals surface area contributed by atoms with Gasteiger partial charge in [-0.1, -0.05) is 35.5 Å². The van der Waals surface area contributed by atoms with Crippen molar-refractivity contribution in [1.82, 2.24) is 19.9 Å². The van der Waals surface area contributed by atoms with Crippen LogP contribution in [0, 0.1) is 0 Å². The first-order valence-electron chi connectivity index (χ1n) is 9.92. The first-order chi connectivity index (χ1) is 14.0. The average Bonchev–Trinajstić information content (AvgIpc) is 3.26. The maximum absolute atomic E-state index is 13.1. The summed E-state index contributed by atoms with van der Waals surface area (Å²) >= 11 is 0. The Bertz CT molecular complexity index is 1140. The van der Waals surface area contributed by atoms with Gasteiger partial charge < -0.3 is 4.90 Å². The number of piperidine rings is 1. The van der Waals surface area contributed by atoms with E-state index in [0.717, 1.165) is 23.9 Å². The molecular weight excluding hydrogens is 388 g/mol. The Morgan fingerprint density at radius 2 is 1.62 bits per heavy atom. The molecule has 2 atom stereocenters. The minimum absolute atomic E-state index is 0.0105. The summed E-state index contributed by atoms with van der Waals surface area (Å²) in [5, 5.41) is 7.80. The smallest absolute Gasteiger partial charge is 0.244 e. The third-order valence-electron chi connectivity index (χ3n) is 6.19. The van der Waals surface area contributed by atoms with Crippen LogP contribution in [0.5, 0.6) is 0 Å². The number of rotatable bonds is 4. The molecule has 2 aliphatic heterocycles. The van der Waals surface area contributed by atoms with Crippen LogP contribution >= 0.6 is 0 Å². The van der Waals surface area contributed by atoms with Crippen molar-refractivity contribution in [3.8, 4) is 0 Å². The van der Waals surface area contributed by atoms with Crippen molar-refractivity contribution < 1.29 is 13.2 Å². The lowest BCUT2D eigenvalue weighted by Crippen LogP contribution is -2.50. The third kappa shape index (κ3) is 3.11. The molecule has 1 amide bonds. The first-order valence-corrected chi connectivity index (χ1v) is 11.5. The lowest BCUT2D eigenvalue weighted by molar-refractivity contribution is -0.136.